The van der Waals surface area contributed by atoms with Crippen LogP contribution in [-0.4, -0.2) is 58.8 Å². The van der Waals surface area contributed by atoms with Crippen molar-refractivity contribution in [2.75, 3.05) is 39.1 Å². The third-order valence-corrected chi connectivity index (χ3v) is 2.93. The van der Waals surface area contributed by atoms with Crippen LogP contribution in [0.25, 0.3) is 0 Å². The normalized spacial score (nSPS) is 17.8. The lowest BCUT2D eigenvalue weighted by molar-refractivity contribution is 0.0657. The number of likely N-dealkylation sites (N-methyl/N-ethyl adjacent to an activating group) is 1. The van der Waals surface area contributed by atoms with E-state index in [1.807, 2.05) is 11.8 Å². The van der Waals surface area contributed by atoms with Gasteiger partial charge in [-0.3, -0.25) is 4.79 Å². The molecule has 1 aromatic rings. The first-order valence-electron chi connectivity index (χ1n) is 5.37. The number of nitrogens with two attached hydrogens (primary N) is 1. The Bertz CT molecular complexity index is 372. The maximum atomic E-state index is 12.0. The van der Waals surface area contributed by atoms with Crippen LogP contribution in [0.4, 0.5) is 0 Å². The summed E-state index contributed by atoms with van der Waals surface area (Å²) >= 11 is 0. The van der Waals surface area contributed by atoms with E-state index in [1.165, 1.54) is 4.79 Å². The quantitative estimate of drug-likeness (QED) is 0.639. The smallest absolute Gasteiger partial charge is 0.274 e. The SMILES string of the molecule is Cc1cc(C(=O)N2CCN(C)CC2)nn1N. The fourth-order valence-corrected chi connectivity index (χ4v) is 1.76. The summed E-state index contributed by atoms with van der Waals surface area (Å²) in [5, 5.41) is 3.99. The fraction of sp³-hybridized carbons (Fsp3) is 0.600. The van der Waals surface area contributed by atoms with Crippen LogP contribution in [0.5, 0.6) is 0 Å². The van der Waals surface area contributed by atoms with E-state index in [0.29, 0.717) is 5.69 Å². The minimum Gasteiger partial charge on any atom is -0.335 e. The summed E-state index contributed by atoms with van der Waals surface area (Å²) in [4.78, 5) is 17.3. The zero-order valence-electron chi connectivity index (χ0n) is 9.68. The fourth-order valence-electron chi connectivity index (χ4n) is 1.76. The van der Waals surface area contributed by atoms with Gasteiger partial charge in [0.05, 0.1) is 5.69 Å². The zero-order chi connectivity index (χ0) is 11.7. The molecule has 6 nitrogen and oxygen atoms in total. The highest BCUT2D eigenvalue weighted by Gasteiger charge is 2.22. The summed E-state index contributed by atoms with van der Waals surface area (Å²) in [6.45, 7) is 5.16. The third-order valence-electron chi connectivity index (χ3n) is 2.93. The molecule has 0 unspecified atom stereocenters. The van der Waals surface area contributed by atoms with Gasteiger partial charge in [-0.15, -0.1) is 5.10 Å². The summed E-state index contributed by atoms with van der Waals surface area (Å²) < 4.78 is 0. The molecule has 1 amide bonds. The summed E-state index contributed by atoms with van der Waals surface area (Å²) in [6.07, 6.45) is 0. The molecule has 2 N–H and O–H groups in total. The molecule has 0 atom stereocenters. The molecule has 0 radical (unpaired) electrons. The van der Waals surface area contributed by atoms with Crippen molar-refractivity contribution < 1.29 is 4.79 Å². The van der Waals surface area contributed by atoms with E-state index in [9.17, 15) is 4.79 Å². The van der Waals surface area contributed by atoms with Crippen LogP contribution in [0.2, 0.25) is 0 Å². The molecule has 1 saturated heterocycles. The van der Waals surface area contributed by atoms with Gasteiger partial charge in [0.2, 0.25) is 0 Å². The van der Waals surface area contributed by atoms with Crippen LogP contribution in [0.15, 0.2) is 6.07 Å². The third kappa shape index (κ3) is 2.01. The summed E-state index contributed by atoms with van der Waals surface area (Å²) in [5.41, 5.74) is 1.22. The molecule has 2 rings (SSSR count). The molecular weight excluding hydrogens is 206 g/mol. The lowest BCUT2D eigenvalue weighted by Gasteiger charge is -2.31. The number of carbonyl (C=O) groups excluding carboxylic acids is 1. The number of nitrogens with zero attached hydrogens (tertiary/aromatic N) is 4. The van der Waals surface area contributed by atoms with Gasteiger partial charge < -0.3 is 15.6 Å². The van der Waals surface area contributed by atoms with Crippen LogP contribution in [0.3, 0.4) is 0 Å². The van der Waals surface area contributed by atoms with Crippen LogP contribution in [0, 0.1) is 6.92 Å². The van der Waals surface area contributed by atoms with E-state index in [-0.39, 0.29) is 5.91 Å². The average molecular weight is 223 g/mol. The number of carbonyl (C=O) groups is 1. The van der Waals surface area contributed by atoms with Gasteiger partial charge in [-0.05, 0) is 20.0 Å². The molecule has 1 fully saturated rings. The van der Waals surface area contributed by atoms with Crippen molar-refractivity contribution in [1.82, 2.24) is 19.7 Å². The van der Waals surface area contributed by atoms with Crippen molar-refractivity contribution in [3.05, 3.63) is 17.5 Å². The molecule has 0 aromatic carbocycles. The van der Waals surface area contributed by atoms with Crippen LogP contribution in [0.1, 0.15) is 16.2 Å². The minimum absolute atomic E-state index is 0.0274. The Morgan fingerprint density at radius 2 is 2.00 bits per heavy atom. The molecule has 6 heteroatoms. The molecule has 0 aliphatic carbocycles. The minimum atomic E-state index is -0.0274. The number of piperazine rings is 1. The van der Waals surface area contributed by atoms with Gasteiger partial charge in [-0.2, -0.15) is 4.79 Å². The molecule has 1 aliphatic rings. The number of nitrogen functional groups attached to an aromatic ring is 1. The molecule has 0 saturated carbocycles. The predicted octanol–water partition coefficient (Wildman–Crippen LogP) is -0.707. The second-order valence-electron chi connectivity index (χ2n) is 4.21. The Hall–Kier alpha value is -1.56. The van der Waals surface area contributed by atoms with Gasteiger partial charge in [0, 0.05) is 26.2 Å². The van der Waals surface area contributed by atoms with Gasteiger partial charge in [0.15, 0.2) is 5.69 Å². The van der Waals surface area contributed by atoms with Gasteiger partial charge in [-0.1, -0.05) is 0 Å². The highest BCUT2D eigenvalue weighted by Crippen LogP contribution is 2.07. The largest absolute Gasteiger partial charge is 0.335 e. The summed E-state index contributed by atoms with van der Waals surface area (Å²) in [5.74, 6) is 5.53. The number of rotatable bonds is 1. The van der Waals surface area contributed by atoms with E-state index in [0.717, 1.165) is 31.9 Å². The molecule has 88 valence electrons. The molecule has 1 aliphatic heterocycles. The Morgan fingerprint density at radius 3 is 2.50 bits per heavy atom. The molecule has 16 heavy (non-hydrogen) atoms. The number of aryl methyl sites for hydroxylation is 1. The maximum absolute atomic E-state index is 12.0. The predicted molar refractivity (Wildman–Crippen MR) is 60.5 cm³/mol. The van der Waals surface area contributed by atoms with E-state index in [1.54, 1.807) is 6.07 Å². The van der Waals surface area contributed by atoms with Crippen molar-refractivity contribution in [2.45, 2.75) is 6.92 Å². The van der Waals surface area contributed by atoms with Crippen LogP contribution in [-0.2, 0) is 0 Å². The maximum Gasteiger partial charge on any atom is 0.274 e. The highest BCUT2D eigenvalue weighted by atomic mass is 16.2. The van der Waals surface area contributed by atoms with Crippen molar-refractivity contribution in [1.29, 1.82) is 0 Å². The first-order valence-corrected chi connectivity index (χ1v) is 5.37. The van der Waals surface area contributed by atoms with Gasteiger partial charge >= 0.3 is 0 Å². The first kappa shape index (κ1) is 10.9. The molecule has 0 spiro atoms. The van der Waals surface area contributed by atoms with Crippen LogP contribution >= 0.6 is 0 Å². The Balaban J connectivity index is 2.07. The van der Waals surface area contributed by atoms with Crippen molar-refractivity contribution >= 4 is 5.91 Å². The topological polar surface area (TPSA) is 67.4 Å². The first-order chi connectivity index (χ1) is 7.58. The van der Waals surface area contributed by atoms with E-state index < -0.39 is 0 Å². The Kier molecular flexibility index (Phi) is 2.82. The number of aromatic nitrogens is 2. The van der Waals surface area contributed by atoms with Crippen molar-refractivity contribution in [3.8, 4) is 0 Å². The van der Waals surface area contributed by atoms with Gasteiger partial charge in [0.25, 0.3) is 5.91 Å². The number of hydrogen-bond acceptors (Lipinski definition) is 4. The van der Waals surface area contributed by atoms with Crippen molar-refractivity contribution in [2.24, 2.45) is 0 Å². The monoisotopic (exact) mass is 223 g/mol. The van der Waals surface area contributed by atoms with E-state index in [2.05, 4.69) is 17.0 Å². The lowest BCUT2D eigenvalue weighted by atomic mass is 10.3. The molecule has 2 heterocycles. The second kappa shape index (κ2) is 4.13. The average Bonchev–Trinajstić information content (AvgIpc) is 2.59. The number of amides is 1. The zero-order valence-corrected chi connectivity index (χ0v) is 9.68. The molecule has 0 bridgehead atoms. The summed E-state index contributed by atoms with van der Waals surface area (Å²) in [7, 11) is 2.06. The van der Waals surface area contributed by atoms with Gasteiger partial charge in [-0.25, -0.2) is 0 Å². The molecular formula is C10H17N5O. The second-order valence-corrected chi connectivity index (χ2v) is 4.21. The highest BCUT2D eigenvalue weighted by molar-refractivity contribution is 5.92. The number of hydrogen-bond donors (Lipinski definition) is 1. The van der Waals surface area contributed by atoms with Crippen LogP contribution < -0.4 is 5.84 Å². The van der Waals surface area contributed by atoms with E-state index in [4.69, 9.17) is 5.84 Å². The Morgan fingerprint density at radius 1 is 1.38 bits per heavy atom. The Labute approximate surface area is 94.6 Å². The van der Waals surface area contributed by atoms with Crippen molar-refractivity contribution in [3.63, 3.8) is 0 Å². The van der Waals surface area contributed by atoms with Gasteiger partial charge in [0.1, 0.15) is 0 Å². The van der Waals surface area contributed by atoms with E-state index >= 15 is 0 Å². The standard InChI is InChI=1S/C10H17N5O/c1-8-7-9(12-15(8)11)10(16)14-5-3-13(2)4-6-14/h7H,3-6,11H2,1-2H3. The lowest BCUT2D eigenvalue weighted by Crippen LogP contribution is -2.47. The molecule has 1 aromatic heterocycles. The summed E-state index contributed by atoms with van der Waals surface area (Å²) in [6, 6.07) is 1.72.